The van der Waals surface area contributed by atoms with Crippen LogP contribution in [0.5, 0.6) is 0 Å². The monoisotopic (exact) mass is 184 g/mol. The minimum atomic E-state index is 0.697. The van der Waals surface area contributed by atoms with Crippen molar-refractivity contribution in [2.24, 2.45) is 0 Å². The molecule has 0 aliphatic carbocycles. The maximum absolute atomic E-state index is 2.67. The number of hydrogen-bond acceptors (Lipinski definition) is 2. The zero-order valence-corrected chi connectivity index (χ0v) is 9.75. The summed E-state index contributed by atoms with van der Waals surface area (Å²) in [5, 5.41) is 0. The normalized spacial score (nSPS) is 30.7. The van der Waals surface area contributed by atoms with E-state index in [1.165, 1.54) is 19.4 Å². The van der Waals surface area contributed by atoms with Gasteiger partial charge in [0.2, 0.25) is 0 Å². The fraction of sp³-hybridized carbons (Fsp3) is 1.00. The van der Waals surface area contributed by atoms with Crippen LogP contribution >= 0.6 is 0 Å². The predicted molar refractivity (Wildman–Crippen MR) is 58.0 cm³/mol. The van der Waals surface area contributed by atoms with Gasteiger partial charge in [-0.15, -0.1) is 0 Å². The third kappa shape index (κ3) is 2.68. The number of likely N-dealkylation sites (N-methyl/N-ethyl adjacent to an activating group) is 1. The van der Waals surface area contributed by atoms with Crippen LogP contribution in [-0.2, 0) is 0 Å². The first-order valence-corrected chi connectivity index (χ1v) is 5.44. The molecule has 1 aliphatic heterocycles. The van der Waals surface area contributed by atoms with Gasteiger partial charge in [-0.3, -0.25) is 4.90 Å². The molecule has 0 radical (unpaired) electrons. The van der Waals surface area contributed by atoms with Crippen LogP contribution in [0.1, 0.15) is 33.6 Å². The van der Waals surface area contributed by atoms with Gasteiger partial charge in [0, 0.05) is 24.7 Å². The summed E-state index contributed by atoms with van der Waals surface area (Å²) in [5.41, 5.74) is 0. The molecule has 0 N–H and O–H groups in total. The van der Waals surface area contributed by atoms with Gasteiger partial charge in [0.05, 0.1) is 0 Å². The highest BCUT2D eigenvalue weighted by molar-refractivity contribution is 4.88. The molecule has 78 valence electrons. The molecule has 0 bridgehead atoms. The van der Waals surface area contributed by atoms with E-state index >= 15 is 0 Å². The maximum atomic E-state index is 2.67. The summed E-state index contributed by atoms with van der Waals surface area (Å²) in [4.78, 5) is 4.97. The van der Waals surface area contributed by atoms with E-state index < -0.39 is 0 Å². The Labute approximate surface area is 82.9 Å². The second-order valence-electron chi connectivity index (χ2n) is 4.88. The number of nitrogens with zero attached hydrogens (tertiary/aromatic N) is 2. The van der Waals surface area contributed by atoms with Crippen LogP contribution in [0.3, 0.4) is 0 Å². The van der Waals surface area contributed by atoms with Gasteiger partial charge in [-0.1, -0.05) is 0 Å². The smallest absolute Gasteiger partial charge is 0.0229 e. The third-order valence-corrected chi connectivity index (χ3v) is 3.02. The zero-order chi connectivity index (χ0) is 10.0. The first-order chi connectivity index (χ1) is 6.02. The second-order valence-corrected chi connectivity index (χ2v) is 4.88. The van der Waals surface area contributed by atoms with E-state index in [2.05, 4.69) is 44.7 Å². The van der Waals surface area contributed by atoms with Crippen molar-refractivity contribution in [1.29, 1.82) is 0 Å². The molecule has 0 aromatic heterocycles. The minimum Gasteiger partial charge on any atom is -0.308 e. The molecule has 0 amide bonds. The molecule has 13 heavy (non-hydrogen) atoms. The van der Waals surface area contributed by atoms with E-state index in [-0.39, 0.29) is 0 Å². The molecule has 1 fully saturated rings. The van der Waals surface area contributed by atoms with Gasteiger partial charge >= 0.3 is 0 Å². The average Bonchev–Trinajstić information content (AvgIpc) is 2.30. The lowest BCUT2D eigenvalue weighted by atomic mass is 10.2. The topological polar surface area (TPSA) is 6.48 Å². The molecule has 1 heterocycles. The Morgan fingerprint density at radius 2 is 1.92 bits per heavy atom. The third-order valence-electron chi connectivity index (χ3n) is 3.02. The molecule has 2 atom stereocenters. The molecule has 0 saturated carbocycles. The summed E-state index contributed by atoms with van der Waals surface area (Å²) in [6.07, 6.45) is 2.74. The number of rotatable bonds is 3. The first-order valence-electron chi connectivity index (χ1n) is 5.44. The summed E-state index contributed by atoms with van der Waals surface area (Å²) in [7, 11) is 4.34. The van der Waals surface area contributed by atoms with Gasteiger partial charge in [-0.25, -0.2) is 0 Å². The molecular formula is C11H24N2. The highest BCUT2D eigenvalue weighted by atomic mass is 15.3. The van der Waals surface area contributed by atoms with Crippen LogP contribution in [0.25, 0.3) is 0 Å². The molecule has 1 rings (SSSR count). The fourth-order valence-corrected chi connectivity index (χ4v) is 2.63. The van der Waals surface area contributed by atoms with Crippen LogP contribution in [0.2, 0.25) is 0 Å². The molecule has 0 aromatic carbocycles. The highest BCUT2D eigenvalue weighted by Crippen LogP contribution is 2.26. The van der Waals surface area contributed by atoms with Crippen LogP contribution in [0.4, 0.5) is 0 Å². The van der Waals surface area contributed by atoms with Crippen molar-refractivity contribution in [3.8, 4) is 0 Å². The summed E-state index contributed by atoms with van der Waals surface area (Å²) in [6, 6.07) is 2.26. The Bertz CT molecular complexity index is 154. The van der Waals surface area contributed by atoms with Crippen molar-refractivity contribution in [3.05, 3.63) is 0 Å². The zero-order valence-electron chi connectivity index (χ0n) is 9.75. The molecular weight excluding hydrogens is 160 g/mol. The van der Waals surface area contributed by atoms with E-state index in [1.807, 2.05) is 0 Å². The Morgan fingerprint density at radius 1 is 1.31 bits per heavy atom. The van der Waals surface area contributed by atoms with Gasteiger partial charge in [0.25, 0.3) is 0 Å². The van der Waals surface area contributed by atoms with Crippen LogP contribution < -0.4 is 0 Å². The Balaban J connectivity index is 2.54. The summed E-state index contributed by atoms with van der Waals surface area (Å²) < 4.78 is 0. The average molecular weight is 184 g/mol. The van der Waals surface area contributed by atoms with E-state index in [0.717, 1.165) is 12.1 Å². The van der Waals surface area contributed by atoms with Crippen molar-refractivity contribution < 1.29 is 0 Å². The van der Waals surface area contributed by atoms with Gasteiger partial charge in [-0.2, -0.15) is 0 Å². The van der Waals surface area contributed by atoms with E-state index in [9.17, 15) is 0 Å². The second kappa shape index (κ2) is 4.43. The lowest BCUT2D eigenvalue weighted by Crippen LogP contribution is -2.44. The fourth-order valence-electron chi connectivity index (χ4n) is 2.63. The van der Waals surface area contributed by atoms with Gasteiger partial charge in [0.15, 0.2) is 0 Å². The van der Waals surface area contributed by atoms with Crippen LogP contribution in [0.15, 0.2) is 0 Å². The Morgan fingerprint density at radius 3 is 2.38 bits per heavy atom. The molecule has 0 spiro atoms. The van der Waals surface area contributed by atoms with Crippen LogP contribution in [-0.4, -0.2) is 48.6 Å². The summed E-state index contributed by atoms with van der Waals surface area (Å²) >= 11 is 0. The van der Waals surface area contributed by atoms with Crippen molar-refractivity contribution >= 4 is 0 Å². The van der Waals surface area contributed by atoms with Crippen molar-refractivity contribution in [3.63, 3.8) is 0 Å². The SMILES string of the molecule is CC(C)N1[C@H](CN(C)C)CC[C@@H]1C. The highest BCUT2D eigenvalue weighted by Gasteiger charge is 2.32. The maximum Gasteiger partial charge on any atom is 0.0229 e. The molecule has 1 saturated heterocycles. The van der Waals surface area contributed by atoms with E-state index in [0.29, 0.717) is 6.04 Å². The molecule has 2 nitrogen and oxygen atoms in total. The Kier molecular flexibility index (Phi) is 3.74. The molecule has 0 unspecified atom stereocenters. The van der Waals surface area contributed by atoms with Crippen molar-refractivity contribution in [1.82, 2.24) is 9.80 Å². The van der Waals surface area contributed by atoms with E-state index in [1.54, 1.807) is 0 Å². The van der Waals surface area contributed by atoms with Crippen molar-refractivity contribution in [2.45, 2.75) is 51.7 Å². The minimum absolute atomic E-state index is 0.697. The summed E-state index contributed by atoms with van der Waals surface area (Å²) in [6.45, 7) is 8.19. The van der Waals surface area contributed by atoms with E-state index in [4.69, 9.17) is 0 Å². The van der Waals surface area contributed by atoms with Gasteiger partial charge < -0.3 is 4.90 Å². The lowest BCUT2D eigenvalue weighted by Gasteiger charge is -2.33. The number of hydrogen-bond donors (Lipinski definition) is 0. The Hall–Kier alpha value is -0.0800. The lowest BCUT2D eigenvalue weighted by molar-refractivity contribution is 0.134. The standard InChI is InChI=1S/C11H24N2/c1-9(2)13-10(3)6-7-11(13)8-12(4)5/h9-11H,6-8H2,1-5H3/t10-,11-/m0/s1. The summed E-state index contributed by atoms with van der Waals surface area (Å²) in [5.74, 6) is 0. The predicted octanol–water partition coefficient (Wildman–Crippen LogP) is 1.81. The molecule has 0 aromatic rings. The largest absolute Gasteiger partial charge is 0.308 e. The first kappa shape index (κ1) is 11.0. The number of likely N-dealkylation sites (tertiary alicyclic amines) is 1. The van der Waals surface area contributed by atoms with Crippen LogP contribution in [0, 0.1) is 0 Å². The molecule has 2 heteroatoms. The quantitative estimate of drug-likeness (QED) is 0.660. The van der Waals surface area contributed by atoms with Gasteiger partial charge in [-0.05, 0) is 47.7 Å². The van der Waals surface area contributed by atoms with Crippen molar-refractivity contribution in [2.75, 3.05) is 20.6 Å². The molecule has 1 aliphatic rings. The van der Waals surface area contributed by atoms with Gasteiger partial charge in [0.1, 0.15) is 0 Å².